The van der Waals surface area contributed by atoms with Crippen molar-refractivity contribution in [2.24, 2.45) is 10.7 Å². The largest absolute Gasteiger partial charge is 0.398 e. The summed E-state index contributed by atoms with van der Waals surface area (Å²) in [5.74, 6) is 0. The first kappa shape index (κ1) is 17.1. The van der Waals surface area contributed by atoms with Gasteiger partial charge in [0.1, 0.15) is 0 Å². The molecular formula is C15H27N2P. The maximum Gasteiger partial charge on any atom is 0.0468 e. The van der Waals surface area contributed by atoms with Gasteiger partial charge in [-0.25, -0.2) is 0 Å². The molecule has 2 nitrogen and oxygen atoms in total. The number of nitrogens with two attached hydrogens (primary N) is 1. The molecule has 0 aliphatic rings. The Bertz CT molecular complexity index is 383. The van der Waals surface area contributed by atoms with Gasteiger partial charge in [0.25, 0.3) is 0 Å². The molecule has 0 fully saturated rings. The van der Waals surface area contributed by atoms with Crippen LogP contribution in [0.25, 0.3) is 0 Å². The minimum Gasteiger partial charge on any atom is -0.398 e. The molecule has 2 N–H and O–H groups in total. The first-order valence-corrected chi connectivity index (χ1v) is 7.15. The van der Waals surface area contributed by atoms with Crippen molar-refractivity contribution in [3.63, 3.8) is 0 Å². The zero-order chi connectivity index (χ0) is 14.1. The van der Waals surface area contributed by atoms with E-state index in [2.05, 4.69) is 47.2 Å². The van der Waals surface area contributed by atoms with Crippen molar-refractivity contribution < 1.29 is 0 Å². The summed E-state index contributed by atoms with van der Waals surface area (Å²) in [4.78, 5) is 4.49. The molecule has 0 heterocycles. The number of unbranched alkanes of at least 4 members (excludes halogenated alkanes) is 1. The van der Waals surface area contributed by atoms with E-state index in [9.17, 15) is 0 Å². The van der Waals surface area contributed by atoms with E-state index in [1.807, 2.05) is 13.8 Å². The average molecular weight is 266 g/mol. The minimum atomic E-state index is 0.859. The molecule has 0 aromatic rings. The topological polar surface area (TPSA) is 38.4 Å². The van der Waals surface area contributed by atoms with Crippen LogP contribution in [-0.4, -0.2) is 5.45 Å². The van der Waals surface area contributed by atoms with Gasteiger partial charge in [-0.05, 0) is 39.2 Å². The highest BCUT2D eigenvalue weighted by Gasteiger charge is 2.05. The molecule has 0 aliphatic carbocycles. The molecule has 0 radical (unpaired) electrons. The van der Waals surface area contributed by atoms with Crippen molar-refractivity contribution >= 4 is 14.7 Å². The van der Waals surface area contributed by atoms with Gasteiger partial charge in [0, 0.05) is 22.4 Å². The molecule has 18 heavy (non-hydrogen) atoms. The minimum absolute atomic E-state index is 0.859. The van der Waals surface area contributed by atoms with Crippen molar-refractivity contribution in [2.75, 3.05) is 0 Å². The molecule has 0 saturated heterocycles. The highest BCUT2D eigenvalue weighted by molar-refractivity contribution is 7.40. The van der Waals surface area contributed by atoms with Crippen LogP contribution in [0.4, 0.5) is 0 Å². The molecule has 0 rings (SSSR count). The van der Waals surface area contributed by atoms with Crippen molar-refractivity contribution in [1.29, 1.82) is 0 Å². The van der Waals surface area contributed by atoms with Gasteiger partial charge in [0.05, 0.1) is 0 Å². The van der Waals surface area contributed by atoms with Crippen LogP contribution in [0.15, 0.2) is 39.7 Å². The Morgan fingerprint density at radius 1 is 1.22 bits per heavy atom. The molecule has 3 heteroatoms. The number of allylic oxidation sites excluding steroid dienone is 4. The summed E-state index contributed by atoms with van der Waals surface area (Å²) in [5, 5.41) is 0. The number of hydrogen-bond donors (Lipinski definition) is 1. The fourth-order valence-electron chi connectivity index (χ4n) is 1.52. The molecular weight excluding hydrogens is 239 g/mol. The Hall–Kier alpha value is -0.880. The van der Waals surface area contributed by atoms with Gasteiger partial charge in [0.15, 0.2) is 0 Å². The third-order valence-corrected chi connectivity index (χ3v) is 2.88. The molecule has 0 aromatic heterocycles. The van der Waals surface area contributed by atoms with Gasteiger partial charge in [-0.2, -0.15) is 0 Å². The van der Waals surface area contributed by atoms with Crippen LogP contribution in [0.1, 0.15) is 53.9 Å². The number of hydrogen-bond acceptors (Lipinski definition) is 2. The highest BCUT2D eigenvalue weighted by Crippen LogP contribution is 2.19. The third-order valence-electron chi connectivity index (χ3n) is 2.75. The normalized spacial score (nSPS) is 15.8. The van der Waals surface area contributed by atoms with E-state index < -0.39 is 0 Å². The number of nitrogens with zero attached hydrogens (tertiary/aromatic N) is 1. The summed E-state index contributed by atoms with van der Waals surface area (Å²) in [7, 11) is 2.61. The van der Waals surface area contributed by atoms with Crippen molar-refractivity contribution in [3.8, 4) is 0 Å². The van der Waals surface area contributed by atoms with Gasteiger partial charge >= 0.3 is 0 Å². The van der Waals surface area contributed by atoms with Crippen LogP contribution < -0.4 is 5.73 Å². The summed E-state index contributed by atoms with van der Waals surface area (Å²) in [6.45, 7) is 10.3. The van der Waals surface area contributed by atoms with Crippen LogP contribution >= 0.6 is 9.24 Å². The molecule has 0 aliphatic heterocycles. The van der Waals surface area contributed by atoms with E-state index in [1.54, 1.807) is 0 Å². The van der Waals surface area contributed by atoms with Crippen molar-refractivity contribution in [2.45, 2.75) is 53.9 Å². The lowest BCUT2D eigenvalue weighted by Gasteiger charge is -2.10. The molecule has 1 atom stereocenters. The van der Waals surface area contributed by atoms with Crippen molar-refractivity contribution in [3.05, 3.63) is 34.7 Å². The predicted octanol–water partition coefficient (Wildman–Crippen LogP) is 4.55. The van der Waals surface area contributed by atoms with Gasteiger partial charge in [-0.1, -0.05) is 41.7 Å². The molecule has 1 unspecified atom stereocenters. The van der Waals surface area contributed by atoms with Crippen molar-refractivity contribution in [1.82, 2.24) is 0 Å². The van der Waals surface area contributed by atoms with E-state index in [1.165, 1.54) is 5.57 Å². The Labute approximate surface area is 114 Å². The van der Waals surface area contributed by atoms with Gasteiger partial charge in [-0.3, -0.25) is 4.99 Å². The average Bonchev–Trinajstić information content (AvgIpc) is 2.31. The fourth-order valence-corrected chi connectivity index (χ4v) is 1.71. The van der Waals surface area contributed by atoms with Gasteiger partial charge in [0.2, 0.25) is 0 Å². The highest BCUT2D eigenvalue weighted by atomic mass is 31.0. The lowest BCUT2D eigenvalue weighted by Crippen LogP contribution is -2.05. The van der Waals surface area contributed by atoms with Crippen LogP contribution in [0.2, 0.25) is 0 Å². The Morgan fingerprint density at radius 3 is 2.28 bits per heavy atom. The number of aliphatic imine (C=N–C) groups is 1. The Kier molecular flexibility index (Phi) is 8.66. The van der Waals surface area contributed by atoms with E-state index >= 15 is 0 Å². The standard InChI is InChI=1S/C15H27N2P/c1-6-8-9-10-14(12(4)17-13(5)18)15(16)11(3)7-2/h9-10H,6-8,16,18H2,1-5H3/b10-9-,14-12-,15-11-,17-13?. The molecule has 0 aromatic carbocycles. The van der Waals surface area contributed by atoms with E-state index in [0.29, 0.717) is 0 Å². The zero-order valence-corrected chi connectivity index (χ0v) is 13.5. The molecule has 0 spiro atoms. The molecule has 102 valence electrons. The molecule has 0 saturated carbocycles. The lowest BCUT2D eigenvalue weighted by atomic mass is 10.0. The maximum absolute atomic E-state index is 6.23. The van der Waals surface area contributed by atoms with Gasteiger partial charge in [-0.15, -0.1) is 0 Å². The smallest absolute Gasteiger partial charge is 0.0468 e. The predicted molar refractivity (Wildman–Crippen MR) is 86.7 cm³/mol. The first-order valence-electron chi connectivity index (χ1n) is 6.57. The Balaban J connectivity index is 5.51. The summed E-state index contributed by atoms with van der Waals surface area (Å²) >= 11 is 0. The van der Waals surface area contributed by atoms with Crippen LogP contribution in [0.3, 0.4) is 0 Å². The summed E-state index contributed by atoms with van der Waals surface area (Å²) in [6.07, 6.45) is 7.45. The van der Waals surface area contributed by atoms with E-state index in [0.717, 1.165) is 41.7 Å². The fraction of sp³-hybridized carbons (Fsp3) is 0.533. The Morgan fingerprint density at radius 2 is 1.83 bits per heavy atom. The monoisotopic (exact) mass is 266 g/mol. The molecule has 0 bridgehead atoms. The van der Waals surface area contributed by atoms with E-state index in [-0.39, 0.29) is 0 Å². The quantitative estimate of drug-likeness (QED) is 0.427. The first-order chi connectivity index (χ1) is 8.43. The van der Waals surface area contributed by atoms with Crippen LogP contribution in [0.5, 0.6) is 0 Å². The van der Waals surface area contributed by atoms with Gasteiger partial charge < -0.3 is 5.73 Å². The summed E-state index contributed by atoms with van der Waals surface area (Å²) < 4.78 is 0. The second-order valence-corrected chi connectivity index (χ2v) is 5.33. The number of rotatable bonds is 6. The maximum atomic E-state index is 6.23. The second-order valence-electron chi connectivity index (χ2n) is 4.49. The zero-order valence-electron chi connectivity index (χ0n) is 12.4. The second kappa shape index (κ2) is 9.10. The molecule has 0 amide bonds. The summed E-state index contributed by atoms with van der Waals surface area (Å²) in [6, 6.07) is 0. The van der Waals surface area contributed by atoms with Crippen LogP contribution in [0, 0.1) is 0 Å². The lowest BCUT2D eigenvalue weighted by molar-refractivity contribution is 0.956. The SMILES string of the molecule is CCC\C=C/C(=C(\C)N=C(C)P)C(/N)=C(\C)CC. The van der Waals surface area contributed by atoms with Crippen LogP contribution in [-0.2, 0) is 0 Å². The van der Waals surface area contributed by atoms with E-state index in [4.69, 9.17) is 5.73 Å². The summed E-state index contributed by atoms with van der Waals surface area (Å²) in [5.41, 5.74) is 11.3. The third kappa shape index (κ3) is 6.16.